The van der Waals surface area contributed by atoms with Crippen LogP contribution in [0.1, 0.15) is 45.4 Å². The van der Waals surface area contributed by atoms with Gasteiger partial charge >= 0.3 is 0 Å². The average molecular weight is 894 g/mol. The highest BCUT2D eigenvalue weighted by Crippen LogP contribution is 2.62. The lowest BCUT2D eigenvalue weighted by Crippen LogP contribution is -2.32. The molecule has 0 saturated carbocycles. The minimum absolute atomic E-state index is 0.599. The molecular formula is C66H43N3O. The molecule has 0 fully saturated rings. The molecule has 0 bridgehead atoms. The molecule has 0 unspecified atom stereocenters. The minimum atomic E-state index is -0.599. The monoisotopic (exact) mass is 893 g/mol. The molecule has 4 heteroatoms. The number of para-hydroxylation sites is 4. The Morgan fingerprint density at radius 2 is 0.886 bits per heavy atom. The van der Waals surface area contributed by atoms with Gasteiger partial charge in [0.1, 0.15) is 11.5 Å². The molecule has 0 saturated heterocycles. The predicted octanol–water partition coefficient (Wildman–Crippen LogP) is 16.3. The number of amidine groups is 1. The van der Waals surface area contributed by atoms with Crippen LogP contribution in [0, 0.1) is 0 Å². The van der Waals surface area contributed by atoms with Gasteiger partial charge in [-0.1, -0.05) is 200 Å². The number of hydrogen-bond donors (Lipinski definition) is 0. The molecule has 0 radical (unpaired) electrons. The summed E-state index contributed by atoms with van der Waals surface area (Å²) in [5.74, 6) is 2.44. The second kappa shape index (κ2) is 16.0. The summed E-state index contributed by atoms with van der Waals surface area (Å²) in [6.45, 7) is 0. The van der Waals surface area contributed by atoms with E-state index < -0.39 is 5.41 Å². The topological polar surface area (TPSA) is 38.9 Å². The van der Waals surface area contributed by atoms with Gasteiger partial charge in [-0.25, -0.2) is 9.98 Å². The van der Waals surface area contributed by atoms with Crippen LogP contribution in [-0.2, 0) is 5.41 Å². The smallest absolute Gasteiger partial charge is 0.160 e. The SMILES string of the molecule is C1=C(c2ccc3c(c2)-c2cc(-c4ccc(-c5ccccc5)cc4)ccc2C32c3ccccc3Oc3ccccc32)N=C(c2ccccc2)N=C(c2ccc3c4ccccc4n(-c4ccccc4)c3c2)C1. The van der Waals surface area contributed by atoms with Crippen molar-refractivity contribution in [3.8, 4) is 50.6 Å². The van der Waals surface area contributed by atoms with E-state index in [4.69, 9.17) is 14.7 Å². The summed E-state index contributed by atoms with van der Waals surface area (Å²) < 4.78 is 9.06. The summed E-state index contributed by atoms with van der Waals surface area (Å²) in [5.41, 5.74) is 19.7. The maximum absolute atomic E-state index is 6.70. The maximum Gasteiger partial charge on any atom is 0.160 e. The van der Waals surface area contributed by atoms with Crippen molar-refractivity contribution in [3.05, 3.63) is 288 Å². The van der Waals surface area contributed by atoms with Crippen LogP contribution >= 0.6 is 0 Å². The number of hydrogen-bond acceptors (Lipinski definition) is 3. The van der Waals surface area contributed by atoms with Crippen molar-refractivity contribution in [3.63, 3.8) is 0 Å². The summed E-state index contributed by atoms with van der Waals surface area (Å²) in [6, 6.07) is 87.2. The number of aliphatic imine (C=N–C) groups is 2. The van der Waals surface area contributed by atoms with E-state index in [0.29, 0.717) is 12.3 Å². The standard InChI is InChI=1S/C66H43N3O/c1-4-16-43(17-5-1)44-28-30-45(31-29-44)47-33-36-55-53(40-47)54-41-48(34-37-56(54)66(55)57-23-11-14-26-63(57)70-64-27-15-12-24-58(64)66)59-38-39-60(68-65(67-59)46-18-6-2-7-19-46)49-32-35-52-51-22-10-13-25-61(51)69(62(52)42-49)50-20-8-3-9-21-50/h1-38,40-42H,39H2. The highest BCUT2D eigenvalue weighted by Gasteiger charge is 2.51. The van der Waals surface area contributed by atoms with Gasteiger partial charge < -0.3 is 9.30 Å². The highest BCUT2D eigenvalue weighted by atomic mass is 16.5. The summed E-state index contributed by atoms with van der Waals surface area (Å²) in [4.78, 5) is 10.9. The van der Waals surface area contributed by atoms with Crippen LogP contribution in [0.4, 0.5) is 0 Å². The van der Waals surface area contributed by atoms with Gasteiger partial charge in [0.05, 0.1) is 27.9 Å². The van der Waals surface area contributed by atoms with E-state index in [1.165, 1.54) is 60.8 Å². The molecule has 2 aliphatic heterocycles. The van der Waals surface area contributed by atoms with Crippen LogP contribution in [-0.4, -0.2) is 16.1 Å². The van der Waals surface area contributed by atoms with Crippen LogP contribution < -0.4 is 4.74 Å². The van der Waals surface area contributed by atoms with E-state index in [0.717, 1.165) is 61.9 Å². The second-order valence-corrected chi connectivity index (χ2v) is 18.4. The Kier molecular flexibility index (Phi) is 9.15. The Balaban J connectivity index is 0.934. The van der Waals surface area contributed by atoms with Crippen molar-refractivity contribution in [1.29, 1.82) is 0 Å². The fourth-order valence-corrected chi connectivity index (χ4v) is 11.4. The van der Waals surface area contributed by atoms with Crippen LogP contribution in [0.5, 0.6) is 11.5 Å². The highest BCUT2D eigenvalue weighted by molar-refractivity contribution is 6.17. The molecule has 70 heavy (non-hydrogen) atoms. The van der Waals surface area contributed by atoms with Crippen LogP contribution in [0.3, 0.4) is 0 Å². The van der Waals surface area contributed by atoms with Crippen molar-refractivity contribution < 1.29 is 4.74 Å². The average Bonchev–Trinajstić information content (AvgIpc) is 3.80. The number of aromatic nitrogens is 1. The lowest BCUT2D eigenvalue weighted by molar-refractivity contribution is 0.436. The normalized spacial score (nSPS) is 14.1. The quantitative estimate of drug-likeness (QED) is 0.164. The molecule has 1 aromatic heterocycles. The number of allylic oxidation sites excluding steroid dienone is 1. The zero-order chi connectivity index (χ0) is 46.2. The molecule has 14 rings (SSSR count). The van der Waals surface area contributed by atoms with Crippen molar-refractivity contribution in [2.24, 2.45) is 9.98 Å². The van der Waals surface area contributed by atoms with Crippen LogP contribution in [0.15, 0.2) is 259 Å². The minimum Gasteiger partial charge on any atom is -0.457 e. The Bertz CT molecular complexity index is 3930. The van der Waals surface area contributed by atoms with Crippen LogP contribution in [0.2, 0.25) is 0 Å². The van der Waals surface area contributed by atoms with Gasteiger partial charge in [0.15, 0.2) is 5.84 Å². The third-order valence-electron chi connectivity index (χ3n) is 14.6. The lowest BCUT2D eigenvalue weighted by atomic mass is 9.66. The predicted molar refractivity (Wildman–Crippen MR) is 288 cm³/mol. The number of rotatable bonds is 6. The molecule has 0 amide bonds. The molecular weight excluding hydrogens is 851 g/mol. The molecule has 0 N–H and O–H groups in total. The van der Waals surface area contributed by atoms with Gasteiger partial charge in [0.2, 0.25) is 0 Å². The zero-order valence-electron chi connectivity index (χ0n) is 38.1. The maximum atomic E-state index is 6.70. The first-order valence-corrected chi connectivity index (χ1v) is 24.0. The first-order valence-electron chi connectivity index (χ1n) is 24.0. The Morgan fingerprint density at radius 3 is 1.59 bits per heavy atom. The number of fused-ring (bicyclic) bond motifs is 12. The number of ether oxygens (including phenoxy) is 1. The summed E-state index contributed by atoms with van der Waals surface area (Å²) in [6.07, 6.45) is 2.87. The van der Waals surface area contributed by atoms with Gasteiger partial charge in [-0.05, 0) is 98.6 Å². The van der Waals surface area contributed by atoms with Crippen molar-refractivity contribution >= 4 is 39.1 Å². The van der Waals surface area contributed by atoms with Gasteiger partial charge in [-0.2, -0.15) is 0 Å². The lowest BCUT2D eigenvalue weighted by Gasteiger charge is -2.39. The summed E-state index contributed by atoms with van der Waals surface area (Å²) >= 11 is 0. The van der Waals surface area contributed by atoms with E-state index in [2.05, 4.69) is 247 Å². The van der Waals surface area contributed by atoms with Gasteiger partial charge in [-0.3, -0.25) is 0 Å². The second-order valence-electron chi connectivity index (χ2n) is 18.4. The molecule has 0 atom stereocenters. The summed E-state index contributed by atoms with van der Waals surface area (Å²) in [7, 11) is 0. The van der Waals surface area contributed by atoms with E-state index in [9.17, 15) is 0 Å². The first-order chi connectivity index (χ1) is 34.7. The third kappa shape index (κ3) is 6.23. The summed E-state index contributed by atoms with van der Waals surface area (Å²) in [5, 5.41) is 2.44. The molecule has 328 valence electrons. The van der Waals surface area contributed by atoms with Crippen molar-refractivity contribution in [2.75, 3.05) is 0 Å². The fraction of sp³-hybridized carbons (Fsp3) is 0.0303. The Morgan fingerprint density at radius 1 is 0.371 bits per heavy atom. The molecule has 11 aromatic rings. The van der Waals surface area contributed by atoms with Crippen molar-refractivity contribution in [1.82, 2.24) is 4.57 Å². The largest absolute Gasteiger partial charge is 0.457 e. The molecule has 10 aromatic carbocycles. The third-order valence-corrected chi connectivity index (χ3v) is 14.6. The van der Waals surface area contributed by atoms with Gasteiger partial charge in [0.25, 0.3) is 0 Å². The molecule has 1 aliphatic carbocycles. The molecule has 3 heterocycles. The van der Waals surface area contributed by atoms with E-state index >= 15 is 0 Å². The molecule has 1 spiro atoms. The molecule has 3 aliphatic rings. The number of benzene rings is 10. The van der Waals surface area contributed by atoms with E-state index in [-0.39, 0.29) is 0 Å². The Labute approximate surface area is 406 Å². The molecule has 4 nitrogen and oxygen atoms in total. The zero-order valence-corrected chi connectivity index (χ0v) is 38.1. The van der Waals surface area contributed by atoms with Gasteiger partial charge in [0, 0.05) is 45.1 Å². The fourth-order valence-electron chi connectivity index (χ4n) is 11.4. The van der Waals surface area contributed by atoms with E-state index in [1.54, 1.807) is 0 Å². The first kappa shape index (κ1) is 40.0. The Hall–Kier alpha value is -9.12. The van der Waals surface area contributed by atoms with Gasteiger partial charge in [-0.15, -0.1) is 0 Å². The van der Waals surface area contributed by atoms with Crippen LogP contribution in [0.25, 0.3) is 66.6 Å². The number of nitrogens with zero attached hydrogens (tertiary/aromatic N) is 3. The van der Waals surface area contributed by atoms with E-state index in [1.807, 2.05) is 6.07 Å². The van der Waals surface area contributed by atoms with Crippen molar-refractivity contribution in [2.45, 2.75) is 11.8 Å².